The van der Waals surface area contributed by atoms with Crippen molar-refractivity contribution in [3.8, 4) is 0 Å². The van der Waals surface area contributed by atoms with E-state index in [9.17, 15) is 9.18 Å². The highest BCUT2D eigenvalue weighted by atomic mass is 19.1. The fraction of sp³-hybridized carbons (Fsp3) is 0.522. The molecular weight excluding hydrogens is 383 g/mol. The van der Waals surface area contributed by atoms with Crippen molar-refractivity contribution < 1.29 is 13.6 Å². The van der Waals surface area contributed by atoms with Gasteiger partial charge in [-0.1, -0.05) is 24.6 Å². The molecule has 1 aliphatic rings. The first-order chi connectivity index (χ1) is 14.5. The number of carbonyl (C=O) groups excluding carboxylic acids is 1. The number of amides is 2. The zero-order valence-electron chi connectivity index (χ0n) is 18.0. The lowest BCUT2D eigenvalue weighted by Crippen LogP contribution is -2.46. The number of rotatable bonds is 9. The second-order valence-corrected chi connectivity index (χ2v) is 8.13. The Balaban J connectivity index is 1.67. The highest BCUT2D eigenvalue weighted by Crippen LogP contribution is 2.24. The molecule has 2 heterocycles. The van der Waals surface area contributed by atoms with Crippen molar-refractivity contribution >= 4 is 6.03 Å². The van der Waals surface area contributed by atoms with Gasteiger partial charge in [0.2, 0.25) is 0 Å². The average molecular weight is 417 g/mol. The predicted octanol–water partition coefficient (Wildman–Crippen LogP) is 3.72. The van der Waals surface area contributed by atoms with Crippen molar-refractivity contribution in [2.24, 2.45) is 0 Å². The third-order valence-corrected chi connectivity index (χ3v) is 5.57. The largest absolute Gasteiger partial charge is 0.468 e. The van der Waals surface area contributed by atoms with Crippen molar-refractivity contribution in [1.29, 1.82) is 0 Å². The summed E-state index contributed by atoms with van der Waals surface area (Å²) in [5.41, 5.74) is 0.519. The van der Waals surface area contributed by atoms with E-state index in [4.69, 9.17) is 4.42 Å². The number of carbonyl (C=O) groups is 1. The average Bonchev–Trinajstić information content (AvgIpc) is 3.27. The van der Waals surface area contributed by atoms with Crippen LogP contribution in [0.4, 0.5) is 9.18 Å². The molecule has 0 radical (unpaired) electrons. The fourth-order valence-electron chi connectivity index (χ4n) is 3.82. The molecule has 1 aromatic heterocycles. The van der Waals surface area contributed by atoms with Crippen molar-refractivity contribution in [2.75, 3.05) is 46.8 Å². The van der Waals surface area contributed by atoms with Crippen LogP contribution in [0.1, 0.15) is 36.6 Å². The van der Waals surface area contributed by atoms with E-state index in [1.807, 2.05) is 31.1 Å². The molecule has 1 aliphatic heterocycles. The van der Waals surface area contributed by atoms with E-state index < -0.39 is 0 Å². The number of nitrogens with one attached hydrogen (secondary N) is 1. The number of nitrogens with zero attached hydrogens (tertiary/aromatic N) is 3. The monoisotopic (exact) mass is 416 g/mol. The molecule has 1 aromatic carbocycles. The first kappa shape index (κ1) is 22.3. The Bertz CT molecular complexity index is 775. The highest BCUT2D eigenvalue weighted by molar-refractivity contribution is 5.74. The van der Waals surface area contributed by atoms with E-state index >= 15 is 0 Å². The molecule has 0 saturated carbocycles. The summed E-state index contributed by atoms with van der Waals surface area (Å²) >= 11 is 0. The summed E-state index contributed by atoms with van der Waals surface area (Å²) in [5, 5.41) is 3.08. The van der Waals surface area contributed by atoms with E-state index in [1.165, 1.54) is 12.5 Å². The number of benzene rings is 1. The van der Waals surface area contributed by atoms with Crippen LogP contribution in [0.2, 0.25) is 0 Å². The zero-order chi connectivity index (χ0) is 21.3. The fourth-order valence-corrected chi connectivity index (χ4v) is 3.82. The molecule has 3 rings (SSSR count). The van der Waals surface area contributed by atoms with E-state index in [2.05, 4.69) is 10.2 Å². The molecule has 2 aromatic rings. The number of urea groups is 1. The lowest BCUT2D eigenvalue weighted by molar-refractivity contribution is 0.138. The third-order valence-electron chi connectivity index (χ3n) is 5.57. The quantitative estimate of drug-likeness (QED) is 0.677. The molecule has 0 spiro atoms. The Hall–Kier alpha value is -2.38. The van der Waals surface area contributed by atoms with Crippen molar-refractivity contribution in [2.45, 2.75) is 31.8 Å². The van der Waals surface area contributed by atoms with Gasteiger partial charge in [0, 0.05) is 25.2 Å². The lowest BCUT2D eigenvalue weighted by atomic mass is 10.1. The van der Waals surface area contributed by atoms with Crippen molar-refractivity contribution in [1.82, 2.24) is 20.0 Å². The smallest absolute Gasteiger partial charge is 0.317 e. The second kappa shape index (κ2) is 11.1. The van der Waals surface area contributed by atoms with Gasteiger partial charge in [-0.05, 0) is 58.2 Å². The molecule has 1 atom stereocenters. The van der Waals surface area contributed by atoms with E-state index in [-0.39, 0.29) is 24.4 Å². The lowest BCUT2D eigenvalue weighted by Gasteiger charge is -2.34. The van der Waals surface area contributed by atoms with Gasteiger partial charge < -0.3 is 19.5 Å². The highest BCUT2D eigenvalue weighted by Gasteiger charge is 2.26. The molecule has 1 unspecified atom stereocenters. The Morgan fingerprint density at radius 1 is 1.13 bits per heavy atom. The van der Waals surface area contributed by atoms with Crippen LogP contribution in [0.15, 0.2) is 47.1 Å². The first-order valence-electron chi connectivity index (χ1n) is 10.7. The molecular formula is C23H33FN4O2. The topological polar surface area (TPSA) is 52.0 Å². The Labute approximate surface area is 178 Å². The number of halogens is 1. The zero-order valence-corrected chi connectivity index (χ0v) is 18.0. The molecule has 30 heavy (non-hydrogen) atoms. The summed E-state index contributed by atoms with van der Waals surface area (Å²) in [6.07, 6.45) is 5.24. The van der Waals surface area contributed by atoms with Gasteiger partial charge in [0.25, 0.3) is 0 Å². The van der Waals surface area contributed by atoms with Gasteiger partial charge in [0.1, 0.15) is 11.6 Å². The van der Waals surface area contributed by atoms with Gasteiger partial charge in [0.05, 0.1) is 18.8 Å². The van der Waals surface area contributed by atoms with Gasteiger partial charge in [-0.3, -0.25) is 4.90 Å². The minimum Gasteiger partial charge on any atom is -0.468 e. The molecule has 1 fully saturated rings. The maximum Gasteiger partial charge on any atom is 0.317 e. The van der Waals surface area contributed by atoms with Crippen LogP contribution in [0.5, 0.6) is 0 Å². The molecule has 2 amide bonds. The van der Waals surface area contributed by atoms with Gasteiger partial charge >= 0.3 is 6.03 Å². The van der Waals surface area contributed by atoms with E-state index in [0.29, 0.717) is 25.2 Å². The Kier molecular flexibility index (Phi) is 8.28. The van der Waals surface area contributed by atoms with Crippen LogP contribution in [-0.4, -0.2) is 67.5 Å². The number of furan rings is 1. The summed E-state index contributed by atoms with van der Waals surface area (Å²) in [7, 11) is 3.92. The van der Waals surface area contributed by atoms with Crippen LogP contribution < -0.4 is 5.32 Å². The Morgan fingerprint density at radius 2 is 1.90 bits per heavy atom. The summed E-state index contributed by atoms with van der Waals surface area (Å²) in [6.45, 7) is 3.92. The number of likely N-dealkylation sites (N-methyl/N-ethyl adjacent to an activating group) is 1. The van der Waals surface area contributed by atoms with Gasteiger partial charge in [-0.2, -0.15) is 0 Å². The number of piperidine rings is 1. The third kappa shape index (κ3) is 6.31. The van der Waals surface area contributed by atoms with Crippen LogP contribution in [0.25, 0.3) is 0 Å². The van der Waals surface area contributed by atoms with Crippen molar-refractivity contribution in [3.05, 3.63) is 59.8 Å². The summed E-state index contributed by atoms with van der Waals surface area (Å²) in [5.74, 6) is 0.577. The number of likely N-dealkylation sites (tertiary alicyclic amines) is 1. The molecule has 0 aliphatic carbocycles. The maximum absolute atomic E-state index is 14.2. The minimum absolute atomic E-state index is 0.00779. The van der Waals surface area contributed by atoms with Crippen LogP contribution in [0.3, 0.4) is 0 Å². The maximum atomic E-state index is 14.2. The van der Waals surface area contributed by atoms with Gasteiger partial charge in [-0.25, -0.2) is 9.18 Å². The van der Waals surface area contributed by atoms with E-state index in [1.54, 1.807) is 29.4 Å². The normalized spacial score (nSPS) is 15.9. The predicted molar refractivity (Wildman–Crippen MR) is 116 cm³/mol. The number of hydrogen-bond donors (Lipinski definition) is 1. The first-order valence-corrected chi connectivity index (χ1v) is 10.7. The SMILES string of the molecule is CN(C)CCN(Cc1ccccc1F)C(=O)NCC(c1ccco1)N1CCCCC1. The van der Waals surface area contributed by atoms with Crippen LogP contribution in [0, 0.1) is 5.82 Å². The van der Waals surface area contributed by atoms with Crippen molar-refractivity contribution in [3.63, 3.8) is 0 Å². The minimum atomic E-state index is -0.290. The molecule has 6 nitrogen and oxygen atoms in total. The van der Waals surface area contributed by atoms with E-state index in [0.717, 1.165) is 31.7 Å². The van der Waals surface area contributed by atoms with Crippen LogP contribution in [-0.2, 0) is 6.54 Å². The molecule has 1 N–H and O–H groups in total. The number of hydrogen-bond acceptors (Lipinski definition) is 4. The summed E-state index contributed by atoms with van der Waals surface area (Å²) < 4.78 is 19.8. The molecule has 7 heteroatoms. The van der Waals surface area contributed by atoms with Gasteiger partial charge in [0.15, 0.2) is 0 Å². The summed E-state index contributed by atoms with van der Waals surface area (Å²) in [6, 6.07) is 10.3. The molecule has 164 valence electrons. The molecule has 0 bridgehead atoms. The Morgan fingerprint density at radius 3 is 2.57 bits per heavy atom. The van der Waals surface area contributed by atoms with Gasteiger partial charge in [-0.15, -0.1) is 0 Å². The van der Waals surface area contributed by atoms with Crippen LogP contribution >= 0.6 is 0 Å². The summed E-state index contributed by atoms with van der Waals surface area (Å²) in [4.78, 5) is 19.1. The second-order valence-electron chi connectivity index (χ2n) is 8.13. The molecule has 1 saturated heterocycles. The standard InChI is InChI=1S/C23H33FN4O2/c1-26(2)14-15-28(18-19-9-4-5-10-20(19)24)23(29)25-17-21(22-11-8-16-30-22)27-12-6-3-7-13-27/h4-5,8-11,16,21H,3,6-7,12-15,17-18H2,1-2H3,(H,25,29).